The number of ether oxygens (including phenoxy) is 1. The van der Waals surface area contributed by atoms with E-state index >= 15 is 4.39 Å². The van der Waals surface area contributed by atoms with Gasteiger partial charge in [-0.2, -0.15) is 0 Å². The van der Waals surface area contributed by atoms with Crippen LogP contribution in [0.3, 0.4) is 0 Å². The number of rotatable bonds is 15. The van der Waals surface area contributed by atoms with Gasteiger partial charge in [0.1, 0.15) is 11.6 Å². The second-order valence-corrected chi connectivity index (χ2v) is 11.3. The summed E-state index contributed by atoms with van der Waals surface area (Å²) in [5.41, 5.74) is 8.04. The smallest absolute Gasteiger partial charge is 0.128 e. The molecule has 0 saturated heterocycles. The molecular weight excluding hydrogens is 569 g/mol. The lowest BCUT2D eigenvalue weighted by molar-refractivity contribution is 0.241. The number of benzene rings is 4. The summed E-state index contributed by atoms with van der Waals surface area (Å²) in [5, 5.41) is 4.44. The molecule has 5 heteroatoms. The van der Waals surface area contributed by atoms with Crippen molar-refractivity contribution in [3.05, 3.63) is 125 Å². The molecule has 0 spiro atoms. The largest absolute Gasteiger partial charge is 0.493 e. The summed E-state index contributed by atoms with van der Waals surface area (Å²) in [6.45, 7) is 15.1. The van der Waals surface area contributed by atoms with Gasteiger partial charge in [0.15, 0.2) is 0 Å². The number of aromatic nitrogens is 1. The van der Waals surface area contributed by atoms with Gasteiger partial charge in [0.25, 0.3) is 0 Å². The Kier molecular flexibility index (Phi) is 13.6. The molecule has 1 aromatic heterocycles. The van der Waals surface area contributed by atoms with E-state index in [-0.39, 0.29) is 5.82 Å². The molecule has 0 amide bonds. The first-order valence-electron chi connectivity index (χ1n) is 17.0. The van der Waals surface area contributed by atoms with E-state index in [0.717, 1.165) is 71.5 Å². The van der Waals surface area contributed by atoms with Crippen LogP contribution in [0.25, 0.3) is 22.0 Å². The van der Waals surface area contributed by atoms with Gasteiger partial charge in [-0.25, -0.2) is 4.39 Å². The monoisotopic (exact) mass is 619 g/mol. The number of halogens is 1. The number of hydrogen-bond acceptors (Lipinski definition) is 4. The van der Waals surface area contributed by atoms with Crippen molar-refractivity contribution < 1.29 is 9.13 Å². The average molecular weight is 620 g/mol. The number of nitrogens with one attached hydrogen (secondary N) is 1. The predicted octanol–water partition coefficient (Wildman–Crippen LogP) is 10.3. The van der Waals surface area contributed by atoms with Crippen LogP contribution in [0.4, 0.5) is 10.1 Å². The molecule has 242 valence electrons. The number of aryl methyl sites for hydroxylation is 1. The molecule has 0 aliphatic carbocycles. The van der Waals surface area contributed by atoms with Gasteiger partial charge in [-0.15, -0.1) is 0 Å². The van der Waals surface area contributed by atoms with E-state index in [2.05, 4.69) is 84.5 Å². The molecular formula is C41H50FN3O. The van der Waals surface area contributed by atoms with E-state index in [0.29, 0.717) is 25.1 Å². The first kappa shape index (κ1) is 34.6. The van der Waals surface area contributed by atoms with Gasteiger partial charge in [0.05, 0.1) is 12.1 Å². The van der Waals surface area contributed by atoms with Crippen molar-refractivity contribution in [1.82, 2.24) is 9.88 Å². The quantitative estimate of drug-likeness (QED) is 0.118. The van der Waals surface area contributed by atoms with Crippen molar-refractivity contribution in [3.63, 3.8) is 0 Å². The molecule has 0 bridgehead atoms. The fourth-order valence-electron chi connectivity index (χ4n) is 5.76. The normalized spacial score (nSPS) is 10.9. The molecule has 5 rings (SSSR count). The van der Waals surface area contributed by atoms with Crippen molar-refractivity contribution in [3.8, 4) is 16.9 Å². The number of pyridine rings is 1. The number of fused-ring (bicyclic) bond motifs is 1. The zero-order valence-electron chi connectivity index (χ0n) is 28.3. The first-order chi connectivity index (χ1) is 22.6. The summed E-state index contributed by atoms with van der Waals surface area (Å²) in [5.74, 6) is 0.692. The van der Waals surface area contributed by atoms with Crippen LogP contribution in [0.15, 0.2) is 97.2 Å². The first-order valence-corrected chi connectivity index (χ1v) is 17.0. The summed E-state index contributed by atoms with van der Waals surface area (Å²) in [4.78, 5) is 7.10. The zero-order valence-corrected chi connectivity index (χ0v) is 28.3. The van der Waals surface area contributed by atoms with Crippen molar-refractivity contribution in [2.45, 2.75) is 66.8 Å². The summed E-state index contributed by atoms with van der Waals surface area (Å²) in [7, 11) is 0. The Morgan fingerprint density at radius 2 is 1.59 bits per heavy atom. The summed E-state index contributed by atoms with van der Waals surface area (Å²) in [6, 6.07) is 30.5. The van der Waals surface area contributed by atoms with Crippen LogP contribution in [-0.2, 0) is 19.4 Å². The maximum absolute atomic E-state index is 15.4. The molecule has 5 aromatic rings. The van der Waals surface area contributed by atoms with Crippen LogP contribution in [0.1, 0.15) is 69.7 Å². The van der Waals surface area contributed by atoms with E-state index in [9.17, 15) is 0 Å². The standard InChI is InChI=1S/C39H44FN3O.C2H6/c1-4-20-43(6-3)21-11-22-44-39-27-38-36(25-30(39)5-2)33(18-19-41-38)24-34-16-17-35(26-37(34)40)42-28-29-12-10-15-32(23-29)31-13-8-7-9-14-31;1-2/h7-10,12-19,23,25-27,42H,4-6,11,20-22,24,28H2,1-3H3;1-2H3. The highest BCUT2D eigenvalue weighted by molar-refractivity contribution is 5.85. The molecule has 0 aliphatic rings. The van der Waals surface area contributed by atoms with Gasteiger partial charge in [-0.3, -0.25) is 4.98 Å². The minimum atomic E-state index is -0.210. The van der Waals surface area contributed by atoms with Crippen LogP contribution in [0, 0.1) is 5.82 Å². The van der Waals surface area contributed by atoms with Crippen molar-refractivity contribution in [1.29, 1.82) is 0 Å². The Bertz CT molecular complexity index is 1650. The van der Waals surface area contributed by atoms with Crippen LogP contribution in [0.2, 0.25) is 0 Å². The van der Waals surface area contributed by atoms with Gasteiger partial charge in [0, 0.05) is 42.8 Å². The van der Waals surface area contributed by atoms with E-state index in [1.54, 1.807) is 6.07 Å². The molecule has 0 unspecified atom stereocenters. The van der Waals surface area contributed by atoms with Gasteiger partial charge >= 0.3 is 0 Å². The lowest BCUT2D eigenvalue weighted by Crippen LogP contribution is -2.26. The fourth-order valence-corrected chi connectivity index (χ4v) is 5.76. The molecule has 1 N–H and O–H groups in total. The third-order valence-corrected chi connectivity index (χ3v) is 8.22. The second kappa shape index (κ2) is 18.1. The highest BCUT2D eigenvalue weighted by atomic mass is 19.1. The average Bonchev–Trinajstić information content (AvgIpc) is 3.10. The van der Waals surface area contributed by atoms with Crippen molar-refractivity contribution in [2.24, 2.45) is 0 Å². The highest BCUT2D eigenvalue weighted by Gasteiger charge is 2.12. The lowest BCUT2D eigenvalue weighted by atomic mass is 9.98. The SMILES string of the molecule is CC.CCCN(CC)CCCOc1cc2nccc(Cc3ccc(NCc4cccc(-c5ccccc5)c4)cc3F)c2cc1CC. The number of nitrogens with zero attached hydrogens (tertiary/aromatic N) is 2. The molecule has 46 heavy (non-hydrogen) atoms. The Morgan fingerprint density at radius 3 is 2.33 bits per heavy atom. The molecule has 0 atom stereocenters. The minimum Gasteiger partial charge on any atom is -0.493 e. The van der Waals surface area contributed by atoms with Crippen LogP contribution in [0.5, 0.6) is 5.75 Å². The molecule has 0 fully saturated rings. The van der Waals surface area contributed by atoms with Gasteiger partial charge in [-0.05, 0) is 96.1 Å². The van der Waals surface area contributed by atoms with E-state index in [4.69, 9.17) is 4.74 Å². The third kappa shape index (κ3) is 9.40. The zero-order chi connectivity index (χ0) is 32.7. The Morgan fingerprint density at radius 1 is 0.783 bits per heavy atom. The molecule has 4 aromatic carbocycles. The van der Waals surface area contributed by atoms with E-state index in [1.807, 2.05) is 56.4 Å². The predicted molar refractivity (Wildman–Crippen MR) is 193 cm³/mol. The number of hydrogen-bond donors (Lipinski definition) is 1. The third-order valence-electron chi connectivity index (χ3n) is 8.22. The fraction of sp³-hybridized carbons (Fsp3) is 0.341. The van der Waals surface area contributed by atoms with E-state index < -0.39 is 0 Å². The summed E-state index contributed by atoms with van der Waals surface area (Å²) in [6.07, 6.45) is 5.33. The Balaban J connectivity index is 0.00000235. The maximum atomic E-state index is 15.4. The van der Waals surface area contributed by atoms with Gasteiger partial charge in [0.2, 0.25) is 0 Å². The number of anilines is 1. The maximum Gasteiger partial charge on any atom is 0.128 e. The Labute approximate surface area is 275 Å². The van der Waals surface area contributed by atoms with Crippen molar-refractivity contribution in [2.75, 3.05) is 31.6 Å². The van der Waals surface area contributed by atoms with Gasteiger partial charge < -0.3 is 15.0 Å². The molecule has 0 aliphatic heterocycles. The van der Waals surface area contributed by atoms with Crippen LogP contribution in [-0.4, -0.2) is 36.1 Å². The Hall–Kier alpha value is -4.22. The minimum absolute atomic E-state index is 0.210. The van der Waals surface area contributed by atoms with Crippen molar-refractivity contribution >= 4 is 16.6 Å². The molecule has 0 saturated carbocycles. The molecule has 1 heterocycles. The highest BCUT2D eigenvalue weighted by Crippen LogP contribution is 2.30. The van der Waals surface area contributed by atoms with Gasteiger partial charge in [-0.1, -0.05) is 89.2 Å². The molecule has 4 nitrogen and oxygen atoms in total. The van der Waals surface area contributed by atoms with Crippen LogP contribution >= 0.6 is 0 Å². The lowest BCUT2D eigenvalue weighted by Gasteiger charge is -2.20. The van der Waals surface area contributed by atoms with E-state index in [1.165, 1.54) is 17.5 Å². The second-order valence-electron chi connectivity index (χ2n) is 11.3. The molecule has 0 radical (unpaired) electrons. The summed E-state index contributed by atoms with van der Waals surface area (Å²) < 4.78 is 21.6. The van der Waals surface area contributed by atoms with Crippen LogP contribution < -0.4 is 10.1 Å². The topological polar surface area (TPSA) is 37.4 Å². The summed E-state index contributed by atoms with van der Waals surface area (Å²) >= 11 is 0.